The maximum absolute atomic E-state index is 13.8. The fourth-order valence-electron chi connectivity index (χ4n) is 4.32. The van der Waals surface area contributed by atoms with E-state index in [2.05, 4.69) is 21.2 Å². The highest BCUT2D eigenvalue weighted by Gasteiger charge is 2.30. The Morgan fingerprint density at radius 3 is 2.27 bits per heavy atom. The number of rotatable bonds is 13. The zero-order valence-electron chi connectivity index (χ0n) is 22.3. The third kappa shape index (κ3) is 8.85. The van der Waals surface area contributed by atoms with Crippen molar-refractivity contribution < 1.29 is 26.8 Å². The van der Waals surface area contributed by atoms with Gasteiger partial charge in [0.2, 0.25) is 21.8 Å². The Hall–Kier alpha value is -3.31. The minimum Gasteiger partial charge on any atom is -0.355 e. The second-order valence-corrected chi connectivity index (χ2v) is 12.1. The lowest BCUT2D eigenvalue weighted by atomic mass is 10.0. The Morgan fingerprint density at radius 2 is 1.65 bits per heavy atom. The van der Waals surface area contributed by atoms with E-state index in [0.29, 0.717) is 6.54 Å². The highest BCUT2D eigenvalue weighted by Crippen LogP contribution is 2.23. The zero-order valence-corrected chi connectivity index (χ0v) is 24.7. The predicted octanol–water partition coefficient (Wildman–Crippen LogP) is 5.05. The van der Waals surface area contributed by atoms with Crippen molar-refractivity contribution in [3.63, 3.8) is 0 Å². The molecule has 0 heterocycles. The van der Waals surface area contributed by atoms with Crippen molar-refractivity contribution in [2.24, 2.45) is 0 Å². The van der Waals surface area contributed by atoms with Gasteiger partial charge in [-0.3, -0.25) is 13.9 Å². The summed E-state index contributed by atoms with van der Waals surface area (Å²) in [5.74, 6) is -2.90. The molecule has 0 aliphatic rings. The van der Waals surface area contributed by atoms with Crippen molar-refractivity contribution in [3.8, 4) is 0 Å². The summed E-state index contributed by atoms with van der Waals surface area (Å²) in [6, 6.07) is 18.8. The molecule has 0 aliphatic carbocycles. The van der Waals surface area contributed by atoms with Gasteiger partial charge in [0.25, 0.3) is 0 Å². The second kappa shape index (κ2) is 14.4. The number of amides is 2. The van der Waals surface area contributed by atoms with E-state index in [9.17, 15) is 26.8 Å². The van der Waals surface area contributed by atoms with Crippen LogP contribution in [0.1, 0.15) is 30.9 Å². The highest BCUT2D eigenvalue weighted by atomic mass is 79.9. The molecule has 1 atom stereocenters. The third-order valence-corrected chi connectivity index (χ3v) is 7.89. The summed E-state index contributed by atoms with van der Waals surface area (Å²) in [5, 5.41) is 2.83. The van der Waals surface area contributed by atoms with Crippen LogP contribution >= 0.6 is 15.9 Å². The molecular weight excluding hydrogens is 604 g/mol. The maximum atomic E-state index is 13.8. The van der Waals surface area contributed by atoms with Crippen LogP contribution in [0.2, 0.25) is 0 Å². The quantitative estimate of drug-likeness (QED) is 0.285. The van der Waals surface area contributed by atoms with Crippen LogP contribution in [0.4, 0.5) is 14.5 Å². The summed E-state index contributed by atoms with van der Waals surface area (Å²) < 4.78 is 53.9. The van der Waals surface area contributed by atoms with Gasteiger partial charge in [0.15, 0.2) is 11.6 Å². The molecule has 0 radical (unpaired) electrons. The molecule has 3 rings (SSSR count). The Kier molecular flexibility index (Phi) is 11.2. The summed E-state index contributed by atoms with van der Waals surface area (Å²) in [5.41, 5.74) is 1.65. The van der Waals surface area contributed by atoms with Gasteiger partial charge < -0.3 is 10.2 Å². The first-order valence-corrected chi connectivity index (χ1v) is 15.4. The molecule has 7 nitrogen and oxygen atoms in total. The summed E-state index contributed by atoms with van der Waals surface area (Å²) >= 11 is 3.45. The molecule has 0 bridgehead atoms. The van der Waals surface area contributed by atoms with Crippen LogP contribution in [0, 0.1) is 11.6 Å². The lowest BCUT2D eigenvalue weighted by molar-refractivity contribution is -0.141. The number of nitrogens with one attached hydrogen (secondary N) is 1. The van der Waals surface area contributed by atoms with Crippen molar-refractivity contribution in [2.75, 3.05) is 23.7 Å². The summed E-state index contributed by atoms with van der Waals surface area (Å²) in [6.45, 7) is 2.22. The monoisotopic (exact) mass is 635 g/mol. The SMILES string of the molecule is CCNC(=O)[C@@H](Cc1ccccc1)N(Cc1cccc(Br)c1)C(=O)CCCN(c1ccc(F)c(F)c1)S(C)(=O)=O. The standard InChI is InChI=1S/C29H32BrF2N3O4S/c1-3-33-29(37)27(18-21-9-5-4-6-10-21)34(20-22-11-7-12-23(30)17-22)28(36)13-8-16-35(40(2,38)39)24-14-15-25(31)26(32)19-24/h4-7,9-12,14-15,17,19,27H,3,8,13,16,18,20H2,1-2H3,(H,33,37)/t27-/m1/s1. The average molecular weight is 637 g/mol. The van der Waals surface area contributed by atoms with Crippen LogP contribution < -0.4 is 9.62 Å². The number of carbonyl (C=O) groups is 2. The van der Waals surface area contributed by atoms with Gasteiger partial charge in [-0.15, -0.1) is 0 Å². The van der Waals surface area contributed by atoms with Crippen molar-refractivity contribution in [1.29, 1.82) is 0 Å². The fourth-order valence-corrected chi connectivity index (χ4v) is 5.73. The predicted molar refractivity (Wildman–Crippen MR) is 155 cm³/mol. The molecule has 40 heavy (non-hydrogen) atoms. The van der Waals surface area contributed by atoms with E-state index >= 15 is 0 Å². The van der Waals surface area contributed by atoms with Crippen LogP contribution in [0.3, 0.4) is 0 Å². The van der Waals surface area contributed by atoms with Gasteiger partial charge in [-0.25, -0.2) is 17.2 Å². The van der Waals surface area contributed by atoms with E-state index in [1.807, 2.05) is 54.6 Å². The van der Waals surface area contributed by atoms with Crippen molar-refractivity contribution in [1.82, 2.24) is 10.2 Å². The first-order valence-electron chi connectivity index (χ1n) is 12.8. The van der Waals surface area contributed by atoms with Crippen LogP contribution in [0.15, 0.2) is 77.3 Å². The van der Waals surface area contributed by atoms with Gasteiger partial charge in [-0.2, -0.15) is 0 Å². The summed E-state index contributed by atoms with van der Waals surface area (Å²) in [4.78, 5) is 28.5. The number of hydrogen-bond donors (Lipinski definition) is 1. The van der Waals surface area contributed by atoms with E-state index in [1.54, 1.807) is 6.92 Å². The molecule has 1 N–H and O–H groups in total. The van der Waals surface area contributed by atoms with Crippen LogP contribution in [0.5, 0.6) is 0 Å². The Morgan fingerprint density at radius 1 is 0.950 bits per heavy atom. The third-order valence-electron chi connectivity index (χ3n) is 6.21. The largest absolute Gasteiger partial charge is 0.355 e. The first kappa shape index (κ1) is 31.2. The molecule has 214 valence electrons. The number of nitrogens with zero attached hydrogens (tertiary/aromatic N) is 2. The van der Waals surface area contributed by atoms with Crippen molar-refractivity contribution in [3.05, 3.63) is 100 Å². The summed E-state index contributed by atoms with van der Waals surface area (Å²) in [6.07, 6.45) is 1.26. The molecule has 3 aromatic carbocycles. The van der Waals surface area contributed by atoms with E-state index in [1.165, 1.54) is 11.0 Å². The van der Waals surface area contributed by atoms with E-state index in [0.717, 1.165) is 38.3 Å². The Labute approximate surface area is 242 Å². The van der Waals surface area contributed by atoms with Gasteiger partial charge in [-0.1, -0.05) is 58.4 Å². The molecule has 0 saturated carbocycles. The molecule has 0 spiro atoms. The first-order chi connectivity index (χ1) is 19.0. The van der Waals surface area contributed by atoms with E-state index in [-0.39, 0.29) is 49.9 Å². The minimum atomic E-state index is -3.85. The van der Waals surface area contributed by atoms with Crippen molar-refractivity contribution >= 4 is 43.5 Å². The molecular formula is C29H32BrF2N3O4S. The minimum absolute atomic E-state index is 0.0379. The number of halogens is 3. The Bertz CT molecular complexity index is 1420. The maximum Gasteiger partial charge on any atom is 0.243 e. The molecule has 2 amide bonds. The molecule has 11 heteroatoms. The number of hydrogen-bond acceptors (Lipinski definition) is 4. The van der Waals surface area contributed by atoms with Crippen LogP contribution in [-0.4, -0.2) is 50.5 Å². The van der Waals surface area contributed by atoms with Crippen LogP contribution in [0.25, 0.3) is 0 Å². The molecule has 3 aromatic rings. The molecule has 0 aromatic heterocycles. The smallest absolute Gasteiger partial charge is 0.243 e. The average Bonchev–Trinajstić information content (AvgIpc) is 2.90. The number of likely N-dealkylation sites (N-methyl/N-ethyl adjacent to an activating group) is 1. The fraction of sp³-hybridized carbons (Fsp3) is 0.310. The number of anilines is 1. The van der Waals surface area contributed by atoms with E-state index < -0.39 is 27.7 Å². The topological polar surface area (TPSA) is 86.8 Å². The zero-order chi connectivity index (χ0) is 29.3. The lowest BCUT2D eigenvalue weighted by Gasteiger charge is -2.32. The van der Waals surface area contributed by atoms with Gasteiger partial charge >= 0.3 is 0 Å². The van der Waals surface area contributed by atoms with Gasteiger partial charge in [0.1, 0.15) is 6.04 Å². The van der Waals surface area contributed by atoms with Gasteiger partial charge in [0, 0.05) is 43.0 Å². The number of carbonyl (C=O) groups excluding carboxylic acids is 2. The Balaban J connectivity index is 1.87. The molecule has 0 aliphatic heterocycles. The normalized spacial score (nSPS) is 12.0. The second-order valence-electron chi connectivity index (χ2n) is 9.29. The highest BCUT2D eigenvalue weighted by molar-refractivity contribution is 9.10. The van der Waals surface area contributed by atoms with E-state index in [4.69, 9.17) is 0 Å². The van der Waals surface area contributed by atoms with Gasteiger partial charge in [-0.05, 0) is 48.7 Å². The molecule has 0 fully saturated rings. The number of benzene rings is 3. The molecule has 0 saturated heterocycles. The summed E-state index contributed by atoms with van der Waals surface area (Å²) in [7, 11) is -3.85. The molecule has 0 unspecified atom stereocenters. The van der Waals surface area contributed by atoms with Gasteiger partial charge in [0.05, 0.1) is 11.9 Å². The lowest BCUT2D eigenvalue weighted by Crippen LogP contribution is -2.50. The number of sulfonamides is 1. The van der Waals surface area contributed by atoms with Crippen LogP contribution in [-0.2, 0) is 32.6 Å². The van der Waals surface area contributed by atoms with Crippen molar-refractivity contribution in [2.45, 2.75) is 38.8 Å².